The van der Waals surface area contributed by atoms with Gasteiger partial charge >= 0.3 is 0 Å². The van der Waals surface area contributed by atoms with Crippen LogP contribution in [0, 0.1) is 0 Å². The number of unbranched alkanes of at least 4 members (excludes halogenated alkanes) is 1. The summed E-state index contributed by atoms with van der Waals surface area (Å²) >= 11 is 6.69. The molecular formula is C20H22N2O3S2. The number of thiocarbonyl (C=S) groups is 1. The van der Waals surface area contributed by atoms with Crippen molar-refractivity contribution in [2.75, 3.05) is 24.6 Å². The Morgan fingerprint density at radius 3 is 2.78 bits per heavy atom. The summed E-state index contributed by atoms with van der Waals surface area (Å²) in [4.78, 5) is 30.1. The second-order valence-corrected chi connectivity index (χ2v) is 8.59. The van der Waals surface area contributed by atoms with Crippen LogP contribution in [-0.4, -0.2) is 46.8 Å². The Hall–Kier alpha value is -1.70. The van der Waals surface area contributed by atoms with Gasteiger partial charge in [0.15, 0.2) is 0 Å². The van der Waals surface area contributed by atoms with Gasteiger partial charge in [0.05, 0.1) is 28.8 Å². The number of hydrogen-bond acceptors (Lipinski definition) is 5. The van der Waals surface area contributed by atoms with Gasteiger partial charge in [-0.1, -0.05) is 55.5 Å². The number of rotatable bonds is 5. The van der Waals surface area contributed by atoms with Crippen molar-refractivity contribution in [3.63, 3.8) is 0 Å². The Morgan fingerprint density at radius 2 is 2.04 bits per heavy atom. The van der Waals surface area contributed by atoms with Gasteiger partial charge in [-0.2, -0.15) is 0 Å². The van der Waals surface area contributed by atoms with Crippen molar-refractivity contribution in [2.24, 2.45) is 0 Å². The molecule has 0 radical (unpaired) electrons. The van der Waals surface area contributed by atoms with Crippen LogP contribution < -0.4 is 4.90 Å². The zero-order chi connectivity index (χ0) is 19.0. The average Bonchev–Trinajstić information content (AvgIpc) is 3.34. The van der Waals surface area contributed by atoms with Crippen LogP contribution in [0.1, 0.15) is 38.2 Å². The van der Waals surface area contributed by atoms with Crippen molar-refractivity contribution in [3.05, 3.63) is 34.7 Å². The van der Waals surface area contributed by atoms with E-state index in [-0.39, 0.29) is 17.9 Å². The van der Waals surface area contributed by atoms with Crippen LogP contribution in [0.2, 0.25) is 0 Å². The minimum atomic E-state index is -0.170. The molecule has 3 aliphatic rings. The van der Waals surface area contributed by atoms with E-state index in [4.69, 9.17) is 17.0 Å². The van der Waals surface area contributed by atoms with Crippen molar-refractivity contribution in [1.82, 2.24) is 4.90 Å². The van der Waals surface area contributed by atoms with E-state index in [0.717, 1.165) is 43.5 Å². The molecular weight excluding hydrogens is 380 g/mol. The van der Waals surface area contributed by atoms with Gasteiger partial charge in [-0.3, -0.25) is 14.5 Å². The number of carbonyl (C=O) groups excluding carboxylic acids is 2. The second kappa shape index (κ2) is 7.73. The molecule has 142 valence electrons. The third-order valence-electron chi connectivity index (χ3n) is 5.14. The Kier molecular flexibility index (Phi) is 5.34. The topological polar surface area (TPSA) is 49.9 Å². The highest BCUT2D eigenvalue weighted by Crippen LogP contribution is 2.44. The maximum Gasteiger partial charge on any atom is 0.267 e. The van der Waals surface area contributed by atoms with Gasteiger partial charge in [0.1, 0.15) is 4.32 Å². The summed E-state index contributed by atoms with van der Waals surface area (Å²) in [6.07, 6.45) is 3.91. The average molecular weight is 403 g/mol. The first kappa shape index (κ1) is 18.7. The van der Waals surface area contributed by atoms with Crippen LogP contribution >= 0.6 is 24.0 Å². The molecule has 1 atom stereocenters. The number of ether oxygens (including phenoxy) is 1. The number of fused-ring (bicyclic) bond motifs is 1. The number of carbonyl (C=O) groups is 2. The first-order valence-corrected chi connectivity index (χ1v) is 10.6. The molecule has 2 saturated heterocycles. The first-order chi connectivity index (χ1) is 13.1. The lowest BCUT2D eigenvalue weighted by Crippen LogP contribution is -2.35. The van der Waals surface area contributed by atoms with Crippen LogP contribution in [0.5, 0.6) is 0 Å². The molecule has 4 rings (SSSR count). The quantitative estimate of drug-likeness (QED) is 0.557. The number of para-hydroxylation sites is 1. The Morgan fingerprint density at radius 1 is 1.22 bits per heavy atom. The smallest absolute Gasteiger partial charge is 0.267 e. The minimum absolute atomic E-state index is 0.0319. The SMILES string of the molecule is CCCCN1C(=O)/C(=C2\SC(=S)N(CC3CCCO3)C2=O)c2ccccc21. The predicted octanol–water partition coefficient (Wildman–Crippen LogP) is 3.58. The van der Waals surface area contributed by atoms with E-state index in [1.807, 2.05) is 24.3 Å². The fraction of sp³-hybridized carbons (Fsp3) is 0.450. The van der Waals surface area contributed by atoms with Crippen LogP contribution in [0.3, 0.4) is 0 Å². The monoisotopic (exact) mass is 402 g/mol. The Bertz CT molecular complexity index is 830. The highest BCUT2D eigenvalue weighted by atomic mass is 32.2. The molecule has 27 heavy (non-hydrogen) atoms. The van der Waals surface area contributed by atoms with Gasteiger partial charge in [0, 0.05) is 18.7 Å². The maximum atomic E-state index is 13.2. The molecule has 7 heteroatoms. The van der Waals surface area contributed by atoms with Crippen LogP contribution in [-0.2, 0) is 14.3 Å². The summed E-state index contributed by atoms with van der Waals surface area (Å²) in [5, 5.41) is 0. The highest BCUT2D eigenvalue weighted by Gasteiger charge is 2.42. The molecule has 0 bridgehead atoms. The molecule has 2 amide bonds. The summed E-state index contributed by atoms with van der Waals surface area (Å²) in [6, 6.07) is 7.70. The number of benzene rings is 1. The molecule has 2 fully saturated rings. The molecule has 0 N–H and O–H groups in total. The van der Waals surface area contributed by atoms with E-state index in [2.05, 4.69) is 6.92 Å². The number of nitrogens with zero attached hydrogens (tertiary/aromatic N) is 2. The highest BCUT2D eigenvalue weighted by molar-refractivity contribution is 8.26. The molecule has 3 aliphatic heterocycles. The van der Waals surface area contributed by atoms with E-state index in [1.54, 1.807) is 9.80 Å². The maximum absolute atomic E-state index is 13.2. The molecule has 1 aromatic rings. The molecule has 5 nitrogen and oxygen atoms in total. The van der Waals surface area contributed by atoms with Crippen molar-refractivity contribution in [1.29, 1.82) is 0 Å². The zero-order valence-corrected chi connectivity index (χ0v) is 16.9. The largest absolute Gasteiger partial charge is 0.376 e. The van der Waals surface area contributed by atoms with Crippen molar-refractivity contribution >= 4 is 51.4 Å². The molecule has 1 aromatic carbocycles. The van der Waals surface area contributed by atoms with Gasteiger partial charge in [0.25, 0.3) is 11.8 Å². The molecule has 0 aromatic heterocycles. The molecule has 0 aliphatic carbocycles. The summed E-state index contributed by atoms with van der Waals surface area (Å²) in [6.45, 7) is 3.96. The van der Waals surface area contributed by atoms with E-state index in [0.29, 0.717) is 27.9 Å². The lowest BCUT2D eigenvalue weighted by atomic mass is 10.1. The normalized spacial score (nSPS) is 25.1. The number of hydrogen-bond donors (Lipinski definition) is 0. The number of anilines is 1. The lowest BCUT2D eigenvalue weighted by Gasteiger charge is -2.18. The summed E-state index contributed by atoms with van der Waals surface area (Å²) in [5.41, 5.74) is 2.21. The predicted molar refractivity (Wildman–Crippen MR) is 111 cm³/mol. The summed E-state index contributed by atoms with van der Waals surface area (Å²) < 4.78 is 6.17. The van der Waals surface area contributed by atoms with Crippen LogP contribution in [0.4, 0.5) is 5.69 Å². The second-order valence-electron chi connectivity index (χ2n) is 6.95. The van der Waals surface area contributed by atoms with E-state index >= 15 is 0 Å². The van der Waals surface area contributed by atoms with Gasteiger partial charge in [-0.05, 0) is 25.3 Å². The standard InChI is InChI=1S/C20H22N2O3S2/c1-2-3-10-21-15-9-5-4-8-14(15)16(18(21)23)17-19(24)22(20(26)27-17)12-13-7-6-11-25-13/h4-5,8-9,13H,2-3,6-7,10-12H2,1H3/b17-16-. The van der Waals surface area contributed by atoms with Gasteiger partial charge < -0.3 is 9.64 Å². The number of amides is 2. The first-order valence-electron chi connectivity index (χ1n) is 9.42. The number of thioether (sulfide) groups is 1. The van der Waals surface area contributed by atoms with Gasteiger partial charge in [0.2, 0.25) is 0 Å². The Labute approximate surface area is 168 Å². The van der Waals surface area contributed by atoms with Crippen molar-refractivity contribution in [2.45, 2.75) is 38.7 Å². The van der Waals surface area contributed by atoms with Gasteiger partial charge in [-0.25, -0.2) is 0 Å². The molecule has 0 saturated carbocycles. The van der Waals surface area contributed by atoms with Crippen LogP contribution in [0.15, 0.2) is 29.2 Å². The third-order valence-corrected chi connectivity index (χ3v) is 6.59. The Balaban J connectivity index is 1.68. The summed E-state index contributed by atoms with van der Waals surface area (Å²) in [7, 11) is 0. The van der Waals surface area contributed by atoms with Crippen LogP contribution in [0.25, 0.3) is 5.57 Å². The van der Waals surface area contributed by atoms with Crippen molar-refractivity contribution < 1.29 is 14.3 Å². The molecule has 3 heterocycles. The molecule has 0 spiro atoms. The molecule has 1 unspecified atom stereocenters. The van der Waals surface area contributed by atoms with Gasteiger partial charge in [-0.15, -0.1) is 0 Å². The fourth-order valence-electron chi connectivity index (χ4n) is 3.74. The third kappa shape index (κ3) is 3.32. The zero-order valence-electron chi connectivity index (χ0n) is 15.3. The summed E-state index contributed by atoms with van der Waals surface area (Å²) in [5.74, 6) is -0.265. The van der Waals surface area contributed by atoms with E-state index < -0.39 is 0 Å². The van der Waals surface area contributed by atoms with E-state index in [9.17, 15) is 9.59 Å². The fourth-order valence-corrected chi connectivity index (χ4v) is 5.08. The minimum Gasteiger partial charge on any atom is -0.376 e. The van der Waals surface area contributed by atoms with E-state index in [1.165, 1.54) is 11.8 Å². The van der Waals surface area contributed by atoms with Crippen molar-refractivity contribution in [3.8, 4) is 0 Å². The lowest BCUT2D eigenvalue weighted by molar-refractivity contribution is -0.123.